The van der Waals surface area contributed by atoms with E-state index in [1.54, 1.807) is 0 Å². The van der Waals surface area contributed by atoms with Crippen LogP contribution >= 0.6 is 0 Å². The number of aliphatic hydroxyl groups is 1. The van der Waals surface area contributed by atoms with Gasteiger partial charge in [0.25, 0.3) is 0 Å². The third-order valence-electron chi connectivity index (χ3n) is 1.49. The number of benzene rings is 1. The number of nitrogens with zero attached hydrogens (tertiary/aromatic N) is 1. The van der Waals surface area contributed by atoms with Crippen LogP contribution in [-0.4, -0.2) is 24.5 Å². The molecule has 1 aromatic rings. The van der Waals surface area contributed by atoms with Crippen LogP contribution in [0.3, 0.4) is 0 Å². The van der Waals surface area contributed by atoms with E-state index in [0.717, 1.165) is 12.0 Å². The quantitative estimate of drug-likeness (QED) is 0.529. The Hall–Kier alpha value is -1.15. The smallest absolute Gasteiger partial charge is 0.0448 e. The molecular weight excluding hydrogens is 150 g/mol. The van der Waals surface area contributed by atoms with E-state index in [-0.39, 0.29) is 6.61 Å². The molecule has 0 fully saturated rings. The van der Waals surface area contributed by atoms with Gasteiger partial charge in [0.15, 0.2) is 0 Å². The monoisotopic (exact) mass is 163 g/mol. The van der Waals surface area contributed by atoms with Crippen molar-refractivity contribution in [2.75, 3.05) is 13.2 Å². The highest BCUT2D eigenvalue weighted by Crippen LogP contribution is 1.93. The largest absolute Gasteiger partial charge is 0.396 e. The van der Waals surface area contributed by atoms with Crippen molar-refractivity contribution in [1.29, 1.82) is 0 Å². The summed E-state index contributed by atoms with van der Waals surface area (Å²) in [5.41, 5.74) is 1.11. The van der Waals surface area contributed by atoms with Crippen molar-refractivity contribution in [3.05, 3.63) is 35.9 Å². The molecule has 0 aliphatic rings. The highest BCUT2D eigenvalue weighted by molar-refractivity contribution is 5.79. The maximum absolute atomic E-state index is 8.49. The van der Waals surface area contributed by atoms with Crippen LogP contribution < -0.4 is 0 Å². The summed E-state index contributed by atoms with van der Waals surface area (Å²) in [6.07, 6.45) is 2.57. The van der Waals surface area contributed by atoms with Crippen molar-refractivity contribution in [3.63, 3.8) is 0 Å². The van der Waals surface area contributed by atoms with Gasteiger partial charge in [-0.15, -0.1) is 0 Å². The summed E-state index contributed by atoms with van der Waals surface area (Å²) in [4.78, 5) is 4.15. The van der Waals surface area contributed by atoms with Crippen LogP contribution in [0, 0.1) is 0 Å². The molecule has 1 rings (SSSR count). The lowest BCUT2D eigenvalue weighted by atomic mass is 10.2. The van der Waals surface area contributed by atoms with Gasteiger partial charge in [-0.25, -0.2) is 0 Å². The van der Waals surface area contributed by atoms with Crippen LogP contribution in [-0.2, 0) is 0 Å². The molecule has 0 heterocycles. The van der Waals surface area contributed by atoms with Gasteiger partial charge in [0.2, 0.25) is 0 Å². The van der Waals surface area contributed by atoms with E-state index in [1.807, 2.05) is 36.5 Å². The summed E-state index contributed by atoms with van der Waals surface area (Å²) >= 11 is 0. The molecule has 0 spiro atoms. The Labute approximate surface area is 72.6 Å². The van der Waals surface area contributed by atoms with E-state index in [9.17, 15) is 0 Å². The fraction of sp³-hybridized carbons (Fsp3) is 0.300. The molecule has 0 radical (unpaired) electrons. The van der Waals surface area contributed by atoms with Crippen molar-refractivity contribution in [1.82, 2.24) is 0 Å². The van der Waals surface area contributed by atoms with E-state index in [0.29, 0.717) is 6.54 Å². The van der Waals surface area contributed by atoms with Crippen molar-refractivity contribution >= 4 is 6.21 Å². The minimum atomic E-state index is 0.214. The predicted octanol–water partition coefficient (Wildman–Crippen LogP) is 1.49. The predicted molar refractivity (Wildman–Crippen MR) is 50.6 cm³/mol. The maximum atomic E-state index is 8.49. The van der Waals surface area contributed by atoms with E-state index in [1.165, 1.54) is 0 Å². The average molecular weight is 163 g/mol. The van der Waals surface area contributed by atoms with Gasteiger partial charge in [-0.1, -0.05) is 30.3 Å². The van der Waals surface area contributed by atoms with Gasteiger partial charge in [-0.05, 0) is 12.0 Å². The van der Waals surface area contributed by atoms with Gasteiger partial charge in [-0.2, -0.15) is 0 Å². The number of aliphatic hydroxyl groups excluding tert-OH is 1. The summed E-state index contributed by atoms with van der Waals surface area (Å²) in [6.45, 7) is 0.914. The second-order valence-electron chi connectivity index (χ2n) is 2.52. The number of aliphatic imine (C=N–C) groups is 1. The van der Waals surface area contributed by atoms with Gasteiger partial charge >= 0.3 is 0 Å². The molecule has 0 atom stereocenters. The van der Waals surface area contributed by atoms with Crippen molar-refractivity contribution in [2.24, 2.45) is 4.99 Å². The molecule has 1 N–H and O–H groups in total. The summed E-state index contributed by atoms with van der Waals surface area (Å²) in [6, 6.07) is 9.94. The lowest BCUT2D eigenvalue weighted by Crippen LogP contribution is -1.87. The molecule has 0 aliphatic heterocycles. The van der Waals surface area contributed by atoms with Crippen molar-refractivity contribution in [3.8, 4) is 0 Å². The summed E-state index contributed by atoms with van der Waals surface area (Å²) in [5.74, 6) is 0. The first-order chi connectivity index (χ1) is 5.93. The van der Waals surface area contributed by atoms with Gasteiger partial charge in [0, 0.05) is 19.4 Å². The van der Waals surface area contributed by atoms with E-state index < -0.39 is 0 Å². The van der Waals surface area contributed by atoms with Crippen LogP contribution in [0.2, 0.25) is 0 Å². The lowest BCUT2D eigenvalue weighted by molar-refractivity contribution is 0.291. The summed E-state index contributed by atoms with van der Waals surface area (Å²) in [5, 5.41) is 8.49. The molecule has 0 aromatic heterocycles. The van der Waals surface area contributed by atoms with Crippen molar-refractivity contribution in [2.45, 2.75) is 6.42 Å². The fourth-order valence-corrected chi connectivity index (χ4v) is 0.871. The molecule has 12 heavy (non-hydrogen) atoms. The second-order valence-corrected chi connectivity index (χ2v) is 2.52. The number of hydrogen-bond donors (Lipinski definition) is 1. The molecule has 0 saturated heterocycles. The molecule has 0 amide bonds. The normalized spacial score (nSPS) is 10.8. The highest BCUT2D eigenvalue weighted by atomic mass is 16.2. The second kappa shape index (κ2) is 5.49. The van der Waals surface area contributed by atoms with E-state index in [2.05, 4.69) is 4.99 Å². The summed E-state index contributed by atoms with van der Waals surface area (Å²) in [7, 11) is 0. The average Bonchev–Trinajstić information content (AvgIpc) is 2.14. The first kappa shape index (κ1) is 8.94. The lowest BCUT2D eigenvalue weighted by Gasteiger charge is -1.91. The standard InChI is InChI=1S/C10H13NO/c12-8-4-7-11-9-10-5-2-1-3-6-10/h1-3,5-6,9,12H,4,7-8H2. The van der Waals surface area contributed by atoms with Crippen LogP contribution in [0.15, 0.2) is 35.3 Å². The van der Waals surface area contributed by atoms with Crippen molar-refractivity contribution < 1.29 is 5.11 Å². The SMILES string of the molecule is OCCCN=Cc1ccccc1. The molecule has 64 valence electrons. The Bertz CT molecular complexity index is 231. The third kappa shape index (κ3) is 3.30. The maximum Gasteiger partial charge on any atom is 0.0448 e. The molecule has 1 aromatic carbocycles. The van der Waals surface area contributed by atoms with E-state index in [4.69, 9.17) is 5.11 Å². The molecule has 0 unspecified atom stereocenters. The Morgan fingerprint density at radius 2 is 2.00 bits per heavy atom. The Kier molecular flexibility index (Phi) is 4.09. The molecule has 0 bridgehead atoms. The molecule has 2 nitrogen and oxygen atoms in total. The molecule has 2 heteroatoms. The Morgan fingerprint density at radius 1 is 1.25 bits per heavy atom. The van der Waals surface area contributed by atoms with Crippen LogP contribution in [0.5, 0.6) is 0 Å². The zero-order valence-electron chi connectivity index (χ0n) is 6.98. The fourth-order valence-electron chi connectivity index (χ4n) is 0.871. The van der Waals surface area contributed by atoms with Gasteiger partial charge in [0.05, 0.1) is 0 Å². The third-order valence-corrected chi connectivity index (χ3v) is 1.49. The van der Waals surface area contributed by atoms with Gasteiger partial charge < -0.3 is 5.11 Å². The Balaban J connectivity index is 2.36. The van der Waals surface area contributed by atoms with Crippen LogP contribution in [0.1, 0.15) is 12.0 Å². The van der Waals surface area contributed by atoms with Crippen LogP contribution in [0.25, 0.3) is 0 Å². The molecule has 0 aliphatic carbocycles. The molecule has 0 saturated carbocycles. The Morgan fingerprint density at radius 3 is 2.67 bits per heavy atom. The highest BCUT2D eigenvalue weighted by Gasteiger charge is 1.83. The zero-order valence-corrected chi connectivity index (χ0v) is 6.98. The first-order valence-electron chi connectivity index (χ1n) is 4.09. The van der Waals surface area contributed by atoms with E-state index >= 15 is 0 Å². The minimum absolute atomic E-state index is 0.214. The van der Waals surface area contributed by atoms with Crippen LogP contribution in [0.4, 0.5) is 0 Å². The topological polar surface area (TPSA) is 32.6 Å². The number of rotatable bonds is 4. The van der Waals surface area contributed by atoms with Gasteiger partial charge in [0.1, 0.15) is 0 Å². The molecular formula is C10H13NO. The minimum Gasteiger partial charge on any atom is -0.396 e. The van der Waals surface area contributed by atoms with Gasteiger partial charge in [-0.3, -0.25) is 4.99 Å². The zero-order chi connectivity index (χ0) is 8.65. The number of hydrogen-bond acceptors (Lipinski definition) is 2. The summed E-state index contributed by atoms with van der Waals surface area (Å²) < 4.78 is 0. The first-order valence-corrected chi connectivity index (χ1v) is 4.09.